The first kappa shape index (κ1) is 29.3. The third kappa shape index (κ3) is 5.17. The van der Waals surface area contributed by atoms with E-state index in [1.807, 2.05) is 0 Å². The molecule has 0 aliphatic carbocycles. The molecule has 0 saturated carbocycles. The summed E-state index contributed by atoms with van der Waals surface area (Å²) in [7, 11) is 0. The van der Waals surface area contributed by atoms with Gasteiger partial charge in [-0.15, -0.1) is 0 Å². The van der Waals surface area contributed by atoms with Crippen molar-refractivity contribution in [1.82, 2.24) is 0 Å². The Hall–Kier alpha value is -5.46. The highest BCUT2D eigenvalue weighted by atomic mass is 14.6. The monoisotopic (exact) mass is 588 g/mol. The lowest BCUT2D eigenvalue weighted by molar-refractivity contribution is 0.380. The summed E-state index contributed by atoms with van der Waals surface area (Å²) in [5, 5.41) is 0. The lowest BCUT2D eigenvalue weighted by Crippen LogP contribution is -2.56. The predicted molar refractivity (Wildman–Crippen MR) is 192 cm³/mol. The molecule has 0 aromatic heterocycles. The summed E-state index contributed by atoms with van der Waals surface area (Å²) in [5.74, 6) is 1.24. The highest BCUT2D eigenvalue weighted by Gasteiger charge is 2.60. The fourth-order valence-electron chi connectivity index (χ4n) is 7.37. The smallest absolute Gasteiger partial charge is 0.0501 e. The molecule has 0 heteroatoms. The highest BCUT2D eigenvalue weighted by molar-refractivity contribution is 5.70. The van der Waals surface area contributed by atoms with E-state index in [1.54, 1.807) is 0 Å². The Morgan fingerprint density at radius 3 is 0.935 bits per heavy atom. The number of hydrogen-bond donors (Lipinski definition) is 0. The summed E-state index contributed by atoms with van der Waals surface area (Å²) in [5.41, 5.74) is 6.89. The third-order valence-electron chi connectivity index (χ3n) is 9.15. The van der Waals surface area contributed by atoms with E-state index in [1.165, 1.54) is 39.3 Å². The Bertz CT molecular complexity index is 1800. The van der Waals surface area contributed by atoms with Gasteiger partial charge >= 0.3 is 0 Å². The van der Waals surface area contributed by atoms with Crippen LogP contribution in [0.5, 0.6) is 0 Å². The Morgan fingerprint density at radius 2 is 0.587 bits per heavy atom. The van der Waals surface area contributed by atoms with Gasteiger partial charge in [-0.3, -0.25) is 0 Å². The van der Waals surface area contributed by atoms with Gasteiger partial charge in [0.1, 0.15) is 0 Å². The molecular formula is C46H36. The summed E-state index contributed by atoms with van der Waals surface area (Å²) in [6.07, 6.45) is 2.52. The average molecular weight is 589 g/mol. The summed E-state index contributed by atoms with van der Waals surface area (Å²) in [4.78, 5) is 0. The van der Waals surface area contributed by atoms with Crippen molar-refractivity contribution in [3.8, 4) is 0 Å². The van der Waals surface area contributed by atoms with Crippen LogP contribution in [0.25, 0.3) is 0 Å². The van der Waals surface area contributed by atoms with Crippen LogP contribution in [-0.2, 0) is 10.8 Å². The first-order chi connectivity index (χ1) is 22.8. The third-order valence-corrected chi connectivity index (χ3v) is 9.15. The second-order valence-electron chi connectivity index (χ2n) is 11.7. The summed E-state index contributed by atoms with van der Waals surface area (Å²) < 4.78 is 0. The van der Waals surface area contributed by atoms with Crippen LogP contribution in [0.15, 0.2) is 212 Å². The Kier molecular flexibility index (Phi) is 8.44. The van der Waals surface area contributed by atoms with Gasteiger partial charge in [0.2, 0.25) is 0 Å². The van der Waals surface area contributed by atoms with E-state index in [0.29, 0.717) is 0 Å². The maximum atomic E-state index is 2.52. The van der Waals surface area contributed by atoms with Gasteiger partial charge in [-0.05, 0) is 38.9 Å². The summed E-state index contributed by atoms with van der Waals surface area (Å²) >= 11 is 0. The largest absolute Gasteiger partial charge is 0.0622 e. The van der Waals surface area contributed by atoms with Crippen LogP contribution in [-0.4, -0.2) is 0 Å². The molecule has 0 heterocycles. The standard InChI is InChI=1S/C46H36/c1-8-22-37(23-9-1)36-45(40-28-14-4-15-29-40,41-30-16-5-17-31-41)46(42-32-18-6-19-33-42,43-34-20-7-21-35-43)44(38-24-10-2-11-25-38)39-26-12-3-13-27-39/h1-36H. The molecule has 0 spiro atoms. The average Bonchev–Trinajstić information content (AvgIpc) is 3.15. The fraction of sp³-hybridized carbons (Fsp3) is 0.0435. The van der Waals surface area contributed by atoms with Crippen molar-refractivity contribution in [3.05, 3.63) is 264 Å². The molecule has 2 radical (unpaired) electrons. The van der Waals surface area contributed by atoms with Crippen LogP contribution >= 0.6 is 0 Å². The molecule has 0 N–H and O–H groups in total. The second kappa shape index (κ2) is 13.3. The minimum absolute atomic E-state index is 0.722. The normalized spacial score (nSPS) is 11.8. The van der Waals surface area contributed by atoms with Crippen LogP contribution in [0.3, 0.4) is 0 Å². The zero-order chi connectivity index (χ0) is 31.1. The molecule has 220 valence electrons. The van der Waals surface area contributed by atoms with Gasteiger partial charge in [-0.1, -0.05) is 212 Å². The van der Waals surface area contributed by atoms with Gasteiger partial charge < -0.3 is 0 Å². The molecule has 0 atom stereocenters. The molecule has 46 heavy (non-hydrogen) atoms. The molecule has 0 nitrogen and oxygen atoms in total. The van der Waals surface area contributed by atoms with E-state index in [9.17, 15) is 0 Å². The molecule has 0 saturated heterocycles. The van der Waals surface area contributed by atoms with Crippen LogP contribution < -0.4 is 0 Å². The van der Waals surface area contributed by atoms with Gasteiger partial charge in [0.25, 0.3) is 0 Å². The molecule has 0 aliphatic heterocycles. The van der Waals surface area contributed by atoms with Crippen molar-refractivity contribution in [1.29, 1.82) is 0 Å². The first-order valence-electron chi connectivity index (χ1n) is 16.0. The molecule has 0 aliphatic rings. The molecule has 0 bridgehead atoms. The molecule has 0 amide bonds. The van der Waals surface area contributed by atoms with Crippen molar-refractivity contribution < 1.29 is 0 Å². The molecular weight excluding hydrogens is 553 g/mol. The Labute approximate surface area is 273 Å². The lowest BCUT2D eigenvalue weighted by atomic mass is 9.44. The van der Waals surface area contributed by atoms with Crippen LogP contribution in [0.1, 0.15) is 38.9 Å². The quantitative estimate of drug-likeness (QED) is 0.149. The van der Waals surface area contributed by atoms with Gasteiger partial charge in [0.05, 0.1) is 5.92 Å². The van der Waals surface area contributed by atoms with Crippen molar-refractivity contribution in [2.45, 2.75) is 10.8 Å². The molecule has 7 aromatic rings. The van der Waals surface area contributed by atoms with Crippen LogP contribution in [0.2, 0.25) is 0 Å². The maximum absolute atomic E-state index is 2.52. The summed E-state index contributed by atoms with van der Waals surface area (Å²) in [6, 6.07) is 77.2. The predicted octanol–water partition coefficient (Wildman–Crippen LogP) is 10.9. The van der Waals surface area contributed by atoms with Crippen LogP contribution in [0, 0.1) is 12.3 Å². The zero-order valence-corrected chi connectivity index (χ0v) is 25.8. The van der Waals surface area contributed by atoms with E-state index in [2.05, 4.69) is 219 Å². The van der Waals surface area contributed by atoms with Crippen molar-refractivity contribution in [2.24, 2.45) is 0 Å². The minimum Gasteiger partial charge on any atom is -0.0622 e. The molecule has 0 unspecified atom stereocenters. The van der Waals surface area contributed by atoms with Gasteiger partial charge in [-0.2, -0.15) is 0 Å². The number of benzene rings is 7. The van der Waals surface area contributed by atoms with Crippen molar-refractivity contribution in [2.75, 3.05) is 0 Å². The lowest BCUT2D eigenvalue weighted by Gasteiger charge is -2.56. The minimum atomic E-state index is -0.753. The Morgan fingerprint density at radius 1 is 0.304 bits per heavy atom. The highest BCUT2D eigenvalue weighted by Crippen LogP contribution is 2.62. The number of rotatable bonds is 10. The van der Waals surface area contributed by atoms with E-state index >= 15 is 0 Å². The number of hydrogen-bond acceptors (Lipinski definition) is 0. The van der Waals surface area contributed by atoms with Gasteiger partial charge in [-0.25, -0.2) is 0 Å². The second-order valence-corrected chi connectivity index (χ2v) is 11.7. The first-order valence-corrected chi connectivity index (χ1v) is 16.0. The topological polar surface area (TPSA) is 0 Å². The maximum Gasteiger partial charge on any atom is 0.0501 e. The zero-order valence-electron chi connectivity index (χ0n) is 25.8. The molecule has 7 aromatic carbocycles. The van der Waals surface area contributed by atoms with E-state index in [4.69, 9.17) is 0 Å². The summed E-state index contributed by atoms with van der Waals surface area (Å²) in [6.45, 7) is 0. The van der Waals surface area contributed by atoms with Crippen molar-refractivity contribution >= 4 is 0 Å². The van der Waals surface area contributed by atoms with Gasteiger partial charge in [0.15, 0.2) is 0 Å². The SMILES string of the molecule is [CH](c1ccccc1)C(c1ccccc1)(c1ccccc1)C([C](c1ccccc1)c1ccccc1)(c1ccccc1)c1ccccc1. The molecule has 7 rings (SSSR count). The Balaban J connectivity index is 1.76. The van der Waals surface area contributed by atoms with E-state index < -0.39 is 10.8 Å². The van der Waals surface area contributed by atoms with Gasteiger partial charge in [0, 0.05) is 17.3 Å². The van der Waals surface area contributed by atoms with Crippen LogP contribution in [0.4, 0.5) is 0 Å². The van der Waals surface area contributed by atoms with Crippen molar-refractivity contribution in [3.63, 3.8) is 0 Å². The van der Waals surface area contributed by atoms with E-state index in [0.717, 1.165) is 5.56 Å². The van der Waals surface area contributed by atoms with E-state index in [-0.39, 0.29) is 0 Å². The fourth-order valence-corrected chi connectivity index (χ4v) is 7.37. The molecule has 0 fully saturated rings.